The van der Waals surface area contributed by atoms with Gasteiger partial charge in [0.1, 0.15) is 23.9 Å². The third kappa shape index (κ3) is 3.64. The highest BCUT2D eigenvalue weighted by molar-refractivity contribution is 6.17. The standard InChI is InChI=1S/C16H16ClFO2/c1-11-3-4-16(19-2)13(5-11)10-20-15-7-12(9-17)6-14(18)8-15/h3-8H,9-10H2,1-2H3. The van der Waals surface area contributed by atoms with E-state index in [1.165, 1.54) is 12.1 Å². The molecule has 106 valence electrons. The zero-order valence-corrected chi connectivity index (χ0v) is 12.2. The Morgan fingerprint density at radius 1 is 1.15 bits per heavy atom. The molecule has 0 unspecified atom stereocenters. The maximum absolute atomic E-state index is 13.4. The van der Waals surface area contributed by atoms with E-state index in [1.54, 1.807) is 13.2 Å². The molecule has 2 rings (SSSR count). The Morgan fingerprint density at radius 3 is 2.65 bits per heavy atom. The van der Waals surface area contributed by atoms with Crippen LogP contribution in [0.25, 0.3) is 0 Å². The fraction of sp³-hybridized carbons (Fsp3) is 0.250. The third-order valence-electron chi connectivity index (χ3n) is 2.92. The molecule has 0 aromatic heterocycles. The van der Waals surface area contributed by atoms with Crippen molar-refractivity contribution in [3.8, 4) is 11.5 Å². The van der Waals surface area contributed by atoms with Gasteiger partial charge in [0, 0.05) is 17.5 Å². The van der Waals surface area contributed by atoms with Gasteiger partial charge in [-0.3, -0.25) is 0 Å². The van der Waals surface area contributed by atoms with E-state index < -0.39 is 0 Å². The number of benzene rings is 2. The Bertz CT molecular complexity index is 599. The Balaban J connectivity index is 2.16. The predicted molar refractivity (Wildman–Crippen MR) is 78.0 cm³/mol. The van der Waals surface area contributed by atoms with Crippen molar-refractivity contribution < 1.29 is 13.9 Å². The Kier molecular flexibility index (Phi) is 4.85. The van der Waals surface area contributed by atoms with Gasteiger partial charge in [-0.2, -0.15) is 0 Å². The van der Waals surface area contributed by atoms with Crippen molar-refractivity contribution in [3.63, 3.8) is 0 Å². The molecule has 0 N–H and O–H groups in total. The van der Waals surface area contributed by atoms with Crippen molar-refractivity contribution in [2.75, 3.05) is 7.11 Å². The SMILES string of the molecule is COc1ccc(C)cc1COc1cc(F)cc(CCl)c1. The summed E-state index contributed by atoms with van der Waals surface area (Å²) in [7, 11) is 1.61. The molecule has 0 heterocycles. The maximum Gasteiger partial charge on any atom is 0.127 e. The number of hydrogen-bond donors (Lipinski definition) is 0. The monoisotopic (exact) mass is 294 g/mol. The molecule has 0 bridgehead atoms. The van der Waals surface area contributed by atoms with Crippen molar-refractivity contribution >= 4 is 11.6 Å². The number of alkyl halides is 1. The van der Waals surface area contributed by atoms with E-state index in [9.17, 15) is 4.39 Å². The van der Waals surface area contributed by atoms with Gasteiger partial charge >= 0.3 is 0 Å². The van der Waals surface area contributed by atoms with Crippen molar-refractivity contribution in [3.05, 3.63) is 58.9 Å². The van der Waals surface area contributed by atoms with Crippen LogP contribution in [0.2, 0.25) is 0 Å². The van der Waals surface area contributed by atoms with Crippen LogP contribution >= 0.6 is 11.6 Å². The van der Waals surface area contributed by atoms with Gasteiger partial charge in [0.05, 0.1) is 7.11 Å². The molecule has 0 atom stereocenters. The van der Waals surface area contributed by atoms with Crippen molar-refractivity contribution in [1.29, 1.82) is 0 Å². The van der Waals surface area contributed by atoms with Crippen LogP contribution in [0.5, 0.6) is 11.5 Å². The normalized spacial score (nSPS) is 10.4. The van der Waals surface area contributed by atoms with Crippen molar-refractivity contribution in [1.82, 2.24) is 0 Å². The summed E-state index contributed by atoms with van der Waals surface area (Å²) in [5.41, 5.74) is 2.73. The summed E-state index contributed by atoms with van der Waals surface area (Å²) in [6, 6.07) is 10.3. The van der Waals surface area contributed by atoms with Crippen LogP contribution in [0.15, 0.2) is 36.4 Å². The second kappa shape index (κ2) is 6.62. The maximum atomic E-state index is 13.4. The molecule has 4 heteroatoms. The summed E-state index contributed by atoms with van der Waals surface area (Å²) in [5.74, 6) is 1.12. The van der Waals surface area contributed by atoms with Crippen LogP contribution < -0.4 is 9.47 Å². The molecular formula is C16H16ClFO2. The molecule has 20 heavy (non-hydrogen) atoms. The molecule has 0 saturated carbocycles. The highest BCUT2D eigenvalue weighted by atomic mass is 35.5. The number of halogens is 2. The lowest BCUT2D eigenvalue weighted by molar-refractivity contribution is 0.295. The minimum atomic E-state index is -0.352. The molecule has 0 amide bonds. The van der Waals surface area contributed by atoms with Gasteiger partial charge in [0.15, 0.2) is 0 Å². The summed E-state index contributed by atoms with van der Waals surface area (Å²) >= 11 is 5.71. The molecule has 0 aliphatic rings. The summed E-state index contributed by atoms with van der Waals surface area (Å²) < 4.78 is 24.3. The fourth-order valence-corrected chi connectivity index (χ4v) is 2.12. The van der Waals surface area contributed by atoms with E-state index in [1.807, 2.05) is 25.1 Å². The van der Waals surface area contributed by atoms with E-state index in [-0.39, 0.29) is 11.7 Å². The molecule has 0 radical (unpaired) electrons. The molecular weight excluding hydrogens is 279 g/mol. The van der Waals surface area contributed by atoms with Crippen LogP contribution in [0.4, 0.5) is 4.39 Å². The first-order valence-corrected chi connectivity index (χ1v) is 6.77. The average Bonchev–Trinajstić information content (AvgIpc) is 2.44. The van der Waals surface area contributed by atoms with E-state index in [0.29, 0.717) is 17.9 Å². The average molecular weight is 295 g/mol. The van der Waals surface area contributed by atoms with E-state index in [2.05, 4.69) is 0 Å². The third-order valence-corrected chi connectivity index (χ3v) is 3.22. The Hall–Kier alpha value is -1.74. The number of rotatable bonds is 5. The smallest absolute Gasteiger partial charge is 0.127 e. The molecule has 0 aliphatic carbocycles. The molecule has 0 aliphatic heterocycles. The van der Waals surface area contributed by atoms with Gasteiger partial charge in [-0.15, -0.1) is 11.6 Å². The summed E-state index contributed by atoms with van der Waals surface area (Å²) in [6.45, 7) is 2.31. The minimum absolute atomic E-state index is 0.252. The number of aryl methyl sites for hydroxylation is 1. The second-order valence-corrected chi connectivity index (χ2v) is 4.80. The molecule has 2 nitrogen and oxygen atoms in total. The highest BCUT2D eigenvalue weighted by Gasteiger charge is 2.06. The lowest BCUT2D eigenvalue weighted by Gasteiger charge is -2.12. The zero-order valence-electron chi connectivity index (χ0n) is 11.5. The first kappa shape index (κ1) is 14.7. The fourth-order valence-electron chi connectivity index (χ4n) is 1.96. The number of methoxy groups -OCH3 is 1. The lowest BCUT2D eigenvalue weighted by Crippen LogP contribution is -2.00. The van der Waals surface area contributed by atoms with Crippen LogP contribution in [-0.2, 0) is 12.5 Å². The molecule has 2 aromatic carbocycles. The van der Waals surface area contributed by atoms with Crippen LogP contribution in [0.3, 0.4) is 0 Å². The molecule has 0 saturated heterocycles. The summed E-state index contributed by atoms with van der Waals surface area (Å²) in [5, 5.41) is 0. The van der Waals surface area contributed by atoms with Gasteiger partial charge in [0.2, 0.25) is 0 Å². The molecule has 0 spiro atoms. The summed E-state index contributed by atoms with van der Waals surface area (Å²) in [4.78, 5) is 0. The quantitative estimate of drug-likeness (QED) is 0.758. The topological polar surface area (TPSA) is 18.5 Å². The van der Waals surface area contributed by atoms with E-state index in [0.717, 1.165) is 16.9 Å². The van der Waals surface area contributed by atoms with Crippen molar-refractivity contribution in [2.45, 2.75) is 19.4 Å². The minimum Gasteiger partial charge on any atom is -0.496 e. The number of ether oxygens (including phenoxy) is 2. The predicted octanol–water partition coefficient (Wildman–Crippen LogP) is 4.46. The van der Waals surface area contributed by atoms with Gasteiger partial charge in [-0.25, -0.2) is 4.39 Å². The van der Waals surface area contributed by atoms with Gasteiger partial charge in [0.25, 0.3) is 0 Å². The first-order chi connectivity index (χ1) is 9.62. The van der Waals surface area contributed by atoms with Crippen LogP contribution in [0, 0.1) is 12.7 Å². The second-order valence-electron chi connectivity index (χ2n) is 4.53. The van der Waals surface area contributed by atoms with Gasteiger partial charge in [-0.1, -0.05) is 11.6 Å². The first-order valence-electron chi connectivity index (χ1n) is 6.24. The largest absolute Gasteiger partial charge is 0.496 e. The Labute approximate surface area is 123 Å². The molecule has 2 aromatic rings. The summed E-state index contributed by atoms with van der Waals surface area (Å²) in [6.07, 6.45) is 0. The van der Waals surface area contributed by atoms with Gasteiger partial charge in [-0.05, 0) is 36.8 Å². The lowest BCUT2D eigenvalue weighted by atomic mass is 10.1. The van der Waals surface area contributed by atoms with Crippen LogP contribution in [0.1, 0.15) is 16.7 Å². The Morgan fingerprint density at radius 2 is 1.95 bits per heavy atom. The van der Waals surface area contributed by atoms with Crippen molar-refractivity contribution in [2.24, 2.45) is 0 Å². The van der Waals surface area contributed by atoms with Crippen LogP contribution in [-0.4, -0.2) is 7.11 Å². The zero-order chi connectivity index (χ0) is 14.5. The molecule has 0 fully saturated rings. The number of hydrogen-bond acceptors (Lipinski definition) is 2. The highest BCUT2D eigenvalue weighted by Crippen LogP contribution is 2.23. The van der Waals surface area contributed by atoms with E-state index in [4.69, 9.17) is 21.1 Å². The van der Waals surface area contributed by atoms with Gasteiger partial charge < -0.3 is 9.47 Å². The van der Waals surface area contributed by atoms with E-state index >= 15 is 0 Å².